The number of anilines is 1. The summed E-state index contributed by atoms with van der Waals surface area (Å²) >= 11 is 1.05. The molecule has 0 bridgehead atoms. The van der Waals surface area contributed by atoms with Crippen molar-refractivity contribution in [3.63, 3.8) is 0 Å². The van der Waals surface area contributed by atoms with Crippen molar-refractivity contribution in [3.05, 3.63) is 52.4 Å². The Morgan fingerprint density at radius 1 is 0.623 bits per heavy atom. The normalized spacial score (nSPS) is 10.8. The van der Waals surface area contributed by atoms with Crippen LogP contribution in [0.15, 0.2) is 36.4 Å². The van der Waals surface area contributed by atoms with Gasteiger partial charge >= 0.3 is 5.97 Å². The number of hydrogen-bond acceptors (Lipinski definition) is 15. The Labute approximate surface area is 310 Å². The van der Waals surface area contributed by atoms with Crippen molar-refractivity contribution in [2.24, 2.45) is 0 Å². The van der Waals surface area contributed by atoms with Gasteiger partial charge in [-0.3, -0.25) is 4.79 Å². The first-order chi connectivity index (χ1) is 25.6. The number of thiophene rings is 1. The lowest BCUT2D eigenvalue weighted by Gasteiger charge is -2.19. The van der Waals surface area contributed by atoms with Crippen molar-refractivity contribution < 1.29 is 57.0 Å². The Morgan fingerprint density at radius 2 is 1.04 bits per heavy atom. The molecule has 0 amide bonds. The predicted molar refractivity (Wildman–Crippen MR) is 200 cm³/mol. The van der Waals surface area contributed by atoms with Crippen LogP contribution in [-0.4, -0.2) is 87.3 Å². The molecule has 0 saturated carbocycles. The molecule has 53 heavy (non-hydrogen) atoms. The zero-order valence-corrected chi connectivity index (χ0v) is 31.8. The molecule has 0 fully saturated rings. The van der Waals surface area contributed by atoms with Crippen LogP contribution in [0, 0.1) is 0 Å². The molecule has 0 spiro atoms. The van der Waals surface area contributed by atoms with Crippen LogP contribution in [0.2, 0.25) is 0 Å². The highest BCUT2D eigenvalue weighted by molar-refractivity contribution is 7.21. The maximum absolute atomic E-state index is 14.4. The molecule has 0 atom stereocenters. The molecule has 5 aromatic rings. The van der Waals surface area contributed by atoms with Crippen LogP contribution in [0.5, 0.6) is 51.7 Å². The predicted octanol–water partition coefficient (Wildman–Crippen LogP) is 6.70. The molecular weight excluding hydrogens is 708 g/mol. The standard InChI is InChI=1S/C38H40N2O12S/c1-11-52-38(42)29-27(18-12-21(43-2)33(49-8)22(13-18)44-3)28-30(39)36(32(41)20-16-25(47-6)35(51-10)26(17-20)48-7)53-37(28)40-31(29)19-14-23(45-4)34(50-9)24(15-19)46-5/h12-17H,11,39H2,1-10H3. The van der Waals surface area contributed by atoms with Crippen LogP contribution in [0.25, 0.3) is 32.6 Å². The second-order valence-electron chi connectivity index (χ2n) is 11.0. The van der Waals surface area contributed by atoms with Crippen LogP contribution < -0.4 is 48.4 Å². The first-order valence-corrected chi connectivity index (χ1v) is 16.8. The number of nitrogens with zero attached hydrogens (tertiary/aromatic N) is 1. The van der Waals surface area contributed by atoms with Gasteiger partial charge in [0.2, 0.25) is 23.0 Å². The van der Waals surface area contributed by atoms with Crippen molar-refractivity contribution in [1.29, 1.82) is 0 Å². The van der Waals surface area contributed by atoms with Gasteiger partial charge in [-0.25, -0.2) is 9.78 Å². The lowest BCUT2D eigenvalue weighted by Crippen LogP contribution is -2.11. The topological polar surface area (TPSA) is 165 Å². The van der Waals surface area contributed by atoms with E-state index in [4.69, 9.17) is 58.1 Å². The summed E-state index contributed by atoms with van der Waals surface area (Å²) in [6.07, 6.45) is 0. The number of methoxy groups -OCH3 is 9. The lowest BCUT2D eigenvalue weighted by atomic mass is 9.91. The number of carbonyl (C=O) groups excluding carboxylic acids is 2. The number of fused-ring (bicyclic) bond motifs is 1. The quantitative estimate of drug-likeness (QED) is 0.0888. The average molecular weight is 749 g/mol. The number of nitrogen functional groups attached to an aromatic ring is 1. The number of carbonyl (C=O) groups is 2. The summed E-state index contributed by atoms with van der Waals surface area (Å²) in [5.41, 5.74) is 8.60. The minimum atomic E-state index is -0.711. The Bertz CT molecular complexity index is 2120. The summed E-state index contributed by atoms with van der Waals surface area (Å²) in [7, 11) is 13.2. The number of benzene rings is 3. The van der Waals surface area contributed by atoms with E-state index in [-0.39, 0.29) is 45.5 Å². The molecule has 0 saturated heterocycles. The highest BCUT2D eigenvalue weighted by Crippen LogP contribution is 2.50. The number of rotatable bonds is 15. The minimum Gasteiger partial charge on any atom is -0.493 e. The molecule has 0 radical (unpaired) electrons. The second kappa shape index (κ2) is 16.1. The Balaban J connectivity index is 1.97. The van der Waals surface area contributed by atoms with Gasteiger partial charge in [-0.05, 0) is 48.9 Å². The molecule has 2 heterocycles. The van der Waals surface area contributed by atoms with Gasteiger partial charge in [0.05, 0.1) is 87.5 Å². The van der Waals surface area contributed by atoms with Gasteiger partial charge in [0.15, 0.2) is 34.5 Å². The molecule has 0 aliphatic rings. The fourth-order valence-electron chi connectivity index (χ4n) is 6.01. The van der Waals surface area contributed by atoms with E-state index in [2.05, 4.69) is 0 Å². The highest BCUT2D eigenvalue weighted by Gasteiger charge is 2.32. The van der Waals surface area contributed by atoms with Gasteiger partial charge < -0.3 is 53.1 Å². The van der Waals surface area contributed by atoms with Crippen molar-refractivity contribution in [3.8, 4) is 74.1 Å². The van der Waals surface area contributed by atoms with Gasteiger partial charge in [-0.2, -0.15) is 0 Å². The lowest BCUT2D eigenvalue weighted by molar-refractivity contribution is 0.0528. The van der Waals surface area contributed by atoms with Crippen LogP contribution in [0.3, 0.4) is 0 Å². The van der Waals surface area contributed by atoms with E-state index in [0.29, 0.717) is 67.2 Å². The summed E-state index contributed by atoms with van der Waals surface area (Å²) < 4.78 is 56.0. The summed E-state index contributed by atoms with van der Waals surface area (Å²) in [5.74, 6) is 1.61. The summed E-state index contributed by atoms with van der Waals surface area (Å²) in [6, 6.07) is 9.75. The first kappa shape index (κ1) is 38.1. The zero-order chi connectivity index (χ0) is 38.6. The van der Waals surface area contributed by atoms with Crippen molar-refractivity contribution in [1.82, 2.24) is 4.98 Å². The van der Waals surface area contributed by atoms with E-state index in [1.54, 1.807) is 31.2 Å². The summed E-state index contributed by atoms with van der Waals surface area (Å²) in [6.45, 7) is 1.74. The summed E-state index contributed by atoms with van der Waals surface area (Å²) in [4.78, 5) is 34.1. The molecular formula is C38H40N2O12S. The van der Waals surface area contributed by atoms with Gasteiger partial charge in [-0.15, -0.1) is 11.3 Å². The van der Waals surface area contributed by atoms with Crippen molar-refractivity contribution in [2.45, 2.75) is 6.92 Å². The number of pyridine rings is 1. The maximum atomic E-state index is 14.4. The van der Waals surface area contributed by atoms with Crippen LogP contribution >= 0.6 is 11.3 Å². The smallest absolute Gasteiger partial charge is 0.341 e. The first-order valence-electron chi connectivity index (χ1n) is 16.0. The molecule has 280 valence electrons. The molecule has 3 aromatic carbocycles. The fourth-order valence-corrected chi connectivity index (χ4v) is 7.07. The molecule has 2 aromatic heterocycles. The Morgan fingerprint density at radius 3 is 1.43 bits per heavy atom. The second-order valence-corrected chi connectivity index (χ2v) is 12.0. The van der Waals surface area contributed by atoms with Crippen LogP contribution in [-0.2, 0) is 4.74 Å². The number of esters is 1. The molecule has 0 unspecified atom stereocenters. The number of ether oxygens (including phenoxy) is 10. The number of hydrogen-bond donors (Lipinski definition) is 1. The highest BCUT2D eigenvalue weighted by atomic mass is 32.1. The molecule has 14 nitrogen and oxygen atoms in total. The van der Waals surface area contributed by atoms with E-state index in [9.17, 15) is 9.59 Å². The monoisotopic (exact) mass is 748 g/mol. The van der Waals surface area contributed by atoms with E-state index in [1.165, 1.54) is 76.1 Å². The number of nitrogens with two attached hydrogens (primary N) is 1. The third-order valence-corrected chi connectivity index (χ3v) is 9.48. The van der Waals surface area contributed by atoms with Crippen LogP contribution in [0.1, 0.15) is 32.5 Å². The van der Waals surface area contributed by atoms with Gasteiger partial charge in [-0.1, -0.05) is 0 Å². The largest absolute Gasteiger partial charge is 0.493 e. The van der Waals surface area contributed by atoms with E-state index in [1.807, 2.05) is 0 Å². The van der Waals surface area contributed by atoms with Gasteiger partial charge in [0.1, 0.15) is 9.71 Å². The zero-order valence-electron chi connectivity index (χ0n) is 31.0. The number of aromatic nitrogens is 1. The van der Waals surface area contributed by atoms with Crippen molar-refractivity contribution >= 4 is 39.0 Å². The van der Waals surface area contributed by atoms with E-state index >= 15 is 0 Å². The van der Waals surface area contributed by atoms with Crippen molar-refractivity contribution in [2.75, 3.05) is 76.3 Å². The Hall–Kier alpha value is -6.09. The van der Waals surface area contributed by atoms with Crippen LogP contribution in [0.4, 0.5) is 5.69 Å². The summed E-state index contributed by atoms with van der Waals surface area (Å²) in [5, 5.41) is 0.319. The van der Waals surface area contributed by atoms with E-state index < -0.39 is 11.8 Å². The molecule has 15 heteroatoms. The third-order valence-electron chi connectivity index (χ3n) is 8.38. The minimum absolute atomic E-state index is 0.0409. The molecule has 2 N–H and O–H groups in total. The average Bonchev–Trinajstić information content (AvgIpc) is 3.52. The Kier molecular flexibility index (Phi) is 11.6. The van der Waals surface area contributed by atoms with Gasteiger partial charge in [0.25, 0.3) is 0 Å². The SMILES string of the molecule is CCOC(=O)c1c(-c2cc(OC)c(OC)c(OC)c2)nc2sc(C(=O)c3cc(OC)c(OC)c(OC)c3)c(N)c2c1-c1cc(OC)c(OC)c(OC)c1. The molecule has 5 rings (SSSR count). The molecule has 0 aliphatic heterocycles. The van der Waals surface area contributed by atoms with Gasteiger partial charge in [0, 0.05) is 22.1 Å². The molecule has 0 aliphatic carbocycles. The third kappa shape index (κ3) is 6.70. The maximum Gasteiger partial charge on any atom is 0.341 e. The van der Waals surface area contributed by atoms with E-state index in [0.717, 1.165) is 11.3 Å². The fraction of sp³-hybridized carbons (Fsp3) is 0.289. The number of ketones is 1.